The molecule has 6 nitrogen and oxygen atoms in total. The molecule has 0 saturated carbocycles. The molecule has 6 heteroatoms. The molecule has 3 rings (SSSR count). The van der Waals surface area contributed by atoms with Crippen molar-refractivity contribution in [3.8, 4) is 5.75 Å². The molecule has 160 valence electrons. The van der Waals surface area contributed by atoms with E-state index in [1.54, 1.807) is 4.90 Å². The summed E-state index contributed by atoms with van der Waals surface area (Å²) in [6.07, 6.45) is 0.352. The van der Waals surface area contributed by atoms with Gasteiger partial charge < -0.3 is 25.4 Å². The van der Waals surface area contributed by atoms with E-state index in [4.69, 9.17) is 15.2 Å². The molecule has 0 aromatic heterocycles. The molecule has 0 aliphatic carbocycles. The van der Waals surface area contributed by atoms with Gasteiger partial charge in [0.05, 0.1) is 5.69 Å². The number of hydrogen-bond acceptors (Lipinski definition) is 5. The van der Waals surface area contributed by atoms with Crippen molar-refractivity contribution in [3.05, 3.63) is 71.2 Å². The van der Waals surface area contributed by atoms with Crippen LogP contribution in [-0.4, -0.2) is 22.6 Å². The van der Waals surface area contributed by atoms with Gasteiger partial charge in [-0.25, -0.2) is 4.79 Å². The van der Waals surface area contributed by atoms with Crippen LogP contribution in [-0.2, 0) is 17.7 Å². The smallest absolute Gasteiger partial charge is 0.410 e. The van der Waals surface area contributed by atoms with Crippen molar-refractivity contribution in [1.29, 1.82) is 0 Å². The van der Waals surface area contributed by atoms with Crippen LogP contribution >= 0.6 is 0 Å². The van der Waals surface area contributed by atoms with Gasteiger partial charge in [-0.05, 0) is 64.3 Å². The standard InChI is InChI=1S/C24H31N3O3/c1-16(13-19-11-12-21-20(14-19)26-22(25)17(2)29-21)27(23(28)30-24(3,4)5)15-18-9-7-6-8-10-18/h6-12,14,16,26H,13,15,25H2,1-5H3. The van der Waals surface area contributed by atoms with E-state index in [0.29, 0.717) is 24.5 Å². The van der Waals surface area contributed by atoms with E-state index >= 15 is 0 Å². The van der Waals surface area contributed by atoms with E-state index in [0.717, 1.165) is 22.6 Å². The number of nitrogens with one attached hydrogen (secondary N) is 1. The normalized spacial score (nSPS) is 14.3. The van der Waals surface area contributed by atoms with Crippen LogP contribution < -0.4 is 15.8 Å². The number of nitrogens with zero attached hydrogens (tertiary/aromatic N) is 1. The summed E-state index contributed by atoms with van der Waals surface area (Å²) < 4.78 is 11.4. The molecule has 2 aromatic rings. The average molecular weight is 410 g/mol. The Bertz CT molecular complexity index is 932. The molecule has 1 atom stereocenters. The number of carbonyl (C=O) groups is 1. The number of amides is 1. The van der Waals surface area contributed by atoms with Crippen molar-refractivity contribution in [2.75, 3.05) is 5.32 Å². The van der Waals surface area contributed by atoms with E-state index in [9.17, 15) is 4.79 Å². The van der Waals surface area contributed by atoms with E-state index in [-0.39, 0.29) is 12.1 Å². The molecule has 1 heterocycles. The summed E-state index contributed by atoms with van der Waals surface area (Å²) in [6.45, 7) is 9.98. The third-order valence-corrected chi connectivity index (χ3v) is 4.84. The number of fused-ring (bicyclic) bond motifs is 1. The monoisotopic (exact) mass is 409 g/mol. The number of nitrogens with two attached hydrogens (primary N) is 1. The van der Waals surface area contributed by atoms with E-state index in [1.165, 1.54) is 0 Å². The molecule has 0 saturated heterocycles. The Morgan fingerprint density at radius 2 is 1.87 bits per heavy atom. The maximum absolute atomic E-state index is 13.0. The fourth-order valence-corrected chi connectivity index (χ4v) is 3.30. The largest absolute Gasteiger partial charge is 0.456 e. The van der Waals surface area contributed by atoms with Crippen molar-refractivity contribution in [1.82, 2.24) is 4.90 Å². The van der Waals surface area contributed by atoms with Crippen molar-refractivity contribution >= 4 is 11.8 Å². The molecule has 1 aliphatic rings. The van der Waals surface area contributed by atoms with Gasteiger partial charge >= 0.3 is 6.09 Å². The van der Waals surface area contributed by atoms with Gasteiger partial charge in [-0.2, -0.15) is 0 Å². The lowest BCUT2D eigenvalue weighted by Crippen LogP contribution is -2.42. The second-order valence-electron chi connectivity index (χ2n) is 8.67. The Morgan fingerprint density at radius 1 is 1.17 bits per heavy atom. The van der Waals surface area contributed by atoms with Gasteiger partial charge in [0, 0.05) is 12.6 Å². The van der Waals surface area contributed by atoms with E-state index in [1.807, 2.05) is 83.1 Å². The first kappa shape index (κ1) is 21.6. The second-order valence-corrected chi connectivity index (χ2v) is 8.67. The fraction of sp³-hybridized carbons (Fsp3) is 0.375. The Hall–Kier alpha value is -3.15. The molecule has 1 amide bonds. The van der Waals surface area contributed by atoms with Crippen molar-refractivity contribution in [2.24, 2.45) is 5.73 Å². The molecular formula is C24H31N3O3. The third-order valence-electron chi connectivity index (χ3n) is 4.84. The zero-order chi connectivity index (χ0) is 21.9. The van der Waals surface area contributed by atoms with Crippen molar-refractivity contribution < 1.29 is 14.3 Å². The van der Waals surface area contributed by atoms with Gasteiger partial charge in [0.1, 0.15) is 17.2 Å². The summed E-state index contributed by atoms with van der Waals surface area (Å²) in [5.41, 5.74) is 8.36. The predicted molar refractivity (Wildman–Crippen MR) is 119 cm³/mol. The minimum Gasteiger partial charge on any atom is -0.456 e. The second kappa shape index (κ2) is 8.69. The van der Waals surface area contributed by atoms with Crippen LogP contribution in [0.4, 0.5) is 10.5 Å². The predicted octanol–water partition coefficient (Wildman–Crippen LogP) is 5.01. The first-order chi connectivity index (χ1) is 14.1. The summed E-state index contributed by atoms with van der Waals surface area (Å²) in [4.78, 5) is 14.7. The molecule has 0 radical (unpaired) electrons. The molecule has 0 spiro atoms. The highest BCUT2D eigenvalue weighted by Crippen LogP contribution is 2.32. The van der Waals surface area contributed by atoms with Crippen LogP contribution in [0.1, 0.15) is 45.7 Å². The van der Waals surface area contributed by atoms with Crippen LogP contribution in [0.5, 0.6) is 5.75 Å². The van der Waals surface area contributed by atoms with Gasteiger partial charge in [0.15, 0.2) is 5.75 Å². The lowest BCUT2D eigenvalue weighted by Gasteiger charge is -2.32. The number of ether oxygens (including phenoxy) is 2. The van der Waals surface area contributed by atoms with Crippen LogP contribution in [0.25, 0.3) is 0 Å². The quantitative estimate of drug-likeness (QED) is 0.726. The maximum atomic E-state index is 13.0. The summed E-state index contributed by atoms with van der Waals surface area (Å²) in [7, 11) is 0. The number of benzene rings is 2. The summed E-state index contributed by atoms with van der Waals surface area (Å²) in [5, 5.41) is 3.17. The van der Waals surface area contributed by atoms with Crippen LogP contribution in [0, 0.1) is 0 Å². The fourth-order valence-electron chi connectivity index (χ4n) is 3.30. The van der Waals surface area contributed by atoms with Gasteiger partial charge in [-0.3, -0.25) is 0 Å². The van der Waals surface area contributed by atoms with Crippen molar-refractivity contribution in [2.45, 2.75) is 59.2 Å². The number of hydrogen-bond donors (Lipinski definition) is 2. The first-order valence-corrected chi connectivity index (χ1v) is 10.2. The highest BCUT2D eigenvalue weighted by atomic mass is 16.6. The lowest BCUT2D eigenvalue weighted by atomic mass is 10.0. The van der Waals surface area contributed by atoms with E-state index < -0.39 is 5.60 Å². The van der Waals surface area contributed by atoms with E-state index in [2.05, 4.69) is 5.32 Å². The number of carbonyl (C=O) groups excluding carboxylic acids is 1. The van der Waals surface area contributed by atoms with Gasteiger partial charge in [0.25, 0.3) is 0 Å². The number of rotatable bonds is 5. The van der Waals surface area contributed by atoms with Gasteiger partial charge in [-0.15, -0.1) is 0 Å². The topological polar surface area (TPSA) is 76.8 Å². The molecule has 1 aliphatic heterocycles. The van der Waals surface area contributed by atoms with Crippen LogP contribution in [0.15, 0.2) is 60.1 Å². The highest BCUT2D eigenvalue weighted by Gasteiger charge is 2.27. The summed E-state index contributed by atoms with van der Waals surface area (Å²) in [6, 6.07) is 15.8. The molecule has 0 fully saturated rings. The summed E-state index contributed by atoms with van der Waals surface area (Å²) >= 11 is 0. The molecule has 3 N–H and O–H groups in total. The molecule has 2 aromatic carbocycles. The molecule has 1 unspecified atom stereocenters. The minimum atomic E-state index is -0.555. The van der Waals surface area contributed by atoms with Crippen LogP contribution in [0.2, 0.25) is 0 Å². The van der Waals surface area contributed by atoms with Gasteiger partial charge in [0.2, 0.25) is 0 Å². The number of allylic oxidation sites excluding steroid dienone is 1. The van der Waals surface area contributed by atoms with Gasteiger partial charge in [-0.1, -0.05) is 36.4 Å². The van der Waals surface area contributed by atoms with Crippen LogP contribution in [0.3, 0.4) is 0 Å². The third kappa shape index (κ3) is 5.47. The zero-order valence-electron chi connectivity index (χ0n) is 18.4. The summed E-state index contributed by atoms with van der Waals surface area (Å²) in [5.74, 6) is 1.90. The highest BCUT2D eigenvalue weighted by molar-refractivity contribution is 5.69. The lowest BCUT2D eigenvalue weighted by molar-refractivity contribution is 0.0156. The average Bonchev–Trinajstić information content (AvgIpc) is 2.66. The molecule has 30 heavy (non-hydrogen) atoms. The Morgan fingerprint density at radius 3 is 2.53 bits per heavy atom. The Balaban J connectivity index is 1.79. The molecular weight excluding hydrogens is 378 g/mol. The zero-order valence-corrected chi connectivity index (χ0v) is 18.4. The maximum Gasteiger partial charge on any atom is 0.410 e. The Kier molecular flexibility index (Phi) is 6.25. The first-order valence-electron chi connectivity index (χ1n) is 10.2. The SMILES string of the molecule is CC1=C(N)Nc2cc(CC(C)N(Cc3ccccc3)C(=O)OC(C)(C)C)ccc2O1. The Labute approximate surface area is 178 Å². The van der Waals surface area contributed by atoms with Crippen molar-refractivity contribution in [3.63, 3.8) is 0 Å². The number of anilines is 1. The minimum absolute atomic E-state index is 0.0720. The molecule has 0 bridgehead atoms.